The third kappa shape index (κ3) is 7.99. The number of nitrogens with zero attached hydrogens (tertiary/aromatic N) is 1. The average Bonchev–Trinajstić information content (AvgIpc) is 2.72. The SMILES string of the molecule is CCc1cc(Br)ccc1S(=O)(=O)N(C)C[C@H](O)CNC(C)(C)CCCc1ccccc1. The Morgan fingerprint density at radius 3 is 2.48 bits per heavy atom. The summed E-state index contributed by atoms with van der Waals surface area (Å²) in [7, 11) is -2.15. The van der Waals surface area contributed by atoms with Crippen LogP contribution in [0.3, 0.4) is 0 Å². The molecule has 2 aromatic carbocycles. The lowest BCUT2D eigenvalue weighted by Crippen LogP contribution is -2.46. The number of nitrogens with one attached hydrogen (secondary N) is 1. The van der Waals surface area contributed by atoms with Crippen LogP contribution in [-0.2, 0) is 22.9 Å². The maximum Gasteiger partial charge on any atom is 0.243 e. The van der Waals surface area contributed by atoms with Crippen LogP contribution in [0.15, 0.2) is 57.9 Å². The molecular weight excluding hydrogens is 476 g/mol. The summed E-state index contributed by atoms with van der Waals surface area (Å²) in [5.74, 6) is 0. The van der Waals surface area contributed by atoms with Gasteiger partial charge in [0, 0.05) is 30.1 Å². The lowest BCUT2D eigenvalue weighted by molar-refractivity contribution is 0.138. The number of halogens is 1. The van der Waals surface area contributed by atoms with Gasteiger partial charge in [0.05, 0.1) is 11.0 Å². The third-order valence-electron chi connectivity index (χ3n) is 5.49. The predicted octanol–water partition coefficient (Wildman–Crippen LogP) is 4.38. The van der Waals surface area contributed by atoms with Gasteiger partial charge in [-0.25, -0.2) is 8.42 Å². The summed E-state index contributed by atoms with van der Waals surface area (Å²) in [6.45, 7) is 6.52. The third-order valence-corrected chi connectivity index (χ3v) is 7.90. The number of aliphatic hydroxyl groups is 1. The molecular formula is C24H35BrN2O3S. The number of aryl methyl sites for hydroxylation is 2. The molecule has 0 aromatic heterocycles. The molecule has 0 aliphatic heterocycles. The van der Waals surface area contributed by atoms with Crippen molar-refractivity contribution in [2.24, 2.45) is 0 Å². The Morgan fingerprint density at radius 1 is 1.16 bits per heavy atom. The van der Waals surface area contributed by atoms with Gasteiger partial charge in [0.25, 0.3) is 0 Å². The second kappa shape index (κ2) is 11.6. The average molecular weight is 512 g/mol. The van der Waals surface area contributed by atoms with Crippen LogP contribution in [0.4, 0.5) is 0 Å². The lowest BCUT2D eigenvalue weighted by Gasteiger charge is -2.29. The Kier molecular flexibility index (Phi) is 9.70. The van der Waals surface area contributed by atoms with Crippen LogP contribution >= 0.6 is 15.9 Å². The topological polar surface area (TPSA) is 69.6 Å². The van der Waals surface area contributed by atoms with Crippen LogP contribution in [0.5, 0.6) is 0 Å². The predicted molar refractivity (Wildman–Crippen MR) is 131 cm³/mol. The fourth-order valence-corrected chi connectivity index (χ4v) is 5.45. The quantitative estimate of drug-likeness (QED) is 0.444. The van der Waals surface area contributed by atoms with Gasteiger partial charge in [-0.1, -0.05) is 53.2 Å². The monoisotopic (exact) mass is 510 g/mol. The minimum Gasteiger partial charge on any atom is -0.390 e. The maximum absolute atomic E-state index is 13.0. The number of β-amino-alcohol motifs (C(OH)–C–C–N with tert-alkyl or cyclic N) is 1. The van der Waals surface area contributed by atoms with E-state index in [4.69, 9.17) is 0 Å². The highest BCUT2D eigenvalue weighted by Crippen LogP contribution is 2.24. The summed E-state index contributed by atoms with van der Waals surface area (Å²) in [6.07, 6.45) is 2.83. The van der Waals surface area contributed by atoms with Crippen molar-refractivity contribution >= 4 is 26.0 Å². The fourth-order valence-electron chi connectivity index (χ4n) is 3.56. The molecule has 0 fully saturated rings. The van der Waals surface area contributed by atoms with E-state index in [2.05, 4.69) is 59.4 Å². The molecule has 2 aromatic rings. The molecule has 0 unspecified atom stereocenters. The number of sulfonamides is 1. The number of aliphatic hydroxyl groups excluding tert-OH is 1. The summed E-state index contributed by atoms with van der Waals surface area (Å²) < 4.78 is 28.1. The molecule has 0 aliphatic rings. The summed E-state index contributed by atoms with van der Waals surface area (Å²) in [5, 5.41) is 13.9. The first-order valence-corrected chi connectivity index (χ1v) is 13.0. The van der Waals surface area contributed by atoms with E-state index in [1.54, 1.807) is 12.1 Å². The van der Waals surface area contributed by atoms with Gasteiger partial charge in [-0.3, -0.25) is 0 Å². The molecule has 0 bridgehead atoms. The second-order valence-electron chi connectivity index (χ2n) is 8.65. The largest absolute Gasteiger partial charge is 0.390 e. The summed E-state index contributed by atoms with van der Waals surface area (Å²) in [6, 6.07) is 15.6. The van der Waals surface area contributed by atoms with Crippen LogP contribution in [0.1, 0.15) is 44.7 Å². The highest BCUT2D eigenvalue weighted by atomic mass is 79.9. The molecule has 0 spiro atoms. The summed E-state index contributed by atoms with van der Waals surface area (Å²) in [5.41, 5.74) is 1.94. The summed E-state index contributed by atoms with van der Waals surface area (Å²) >= 11 is 3.39. The first-order chi connectivity index (χ1) is 14.5. The molecule has 1 atom stereocenters. The van der Waals surface area contributed by atoms with E-state index in [1.165, 1.54) is 16.9 Å². The normalized spacial score (nSPS) is 13.5. The van der Waals surface area contributed by atoms with Gasteiger partial charge < -0.3 is 10.4 Å². The van der Waals surface area contributed by atoms with E-state index in [1.807, 2.05) is 19.1 Å². The highest BCUT2D eigenvalue weighted by Gasteiger charge is 2.26. The first kappa shape index (κ1) is 26.0. The molecule has 0 saturated carbocycles. The Hall–Kier alpha value is -1.25. The fraction of sp³-hybridized carbons (Fsp3) is 0.500. The van der Waals surface area contributed by atoms with Gasteiger partial charge in [0.15, 0.2) is 0 Å². The second-order valence-corrected chi connectivity index (χ2v) is 11.6. The molecule has 2 N–H and O–H groups in total. The van der Waals surface area contributed by atoms with Gasteiger partial charge in [-0.15, -0.1) is 0 Å². The zero-order valence-electron chi connectivity index (χ0n) is 18.9. The van der Waals surface area contributed by atoms with Gasteiger partial charge >= 0.3 is 0 Å². The van der Waals surface area contributed by atoms with E-state index in [-0.39, 0.29) is 12.1 Å². The number of hydrogen-bond acceptors (Lipinski definition) is 4. The molecule has 0 amide bonds. The lowest BCUT2D eigenvalue weighted by atomic mass is 9.95. The van der Waals surface area contributed by atoms with Crippen molar-refractivity contribution in [1.29, 1.82) is 0 Å². The first-order valence-electron chi connectivity index (χ1n) is 10.8. The molecule has 0 heterocycles. The number of likely N-dealkylation sites (N-methyl/N-ethyl adjacent to an activating group) is 1. The Morgan fingerprint density at radius 2 is 1.84 bits per heavy atom. The van der Waals surface area contributed by atoms with Crippen LogP contribution in [0.2, 0.25) is 0 Å². The Labute approximate surface area is 196 Å². The van der Waals surface area contributed by atoms with Crippen molar-refractivity contribution in [2.75, 3.05) is 20.1 Å². The van der Waals surface area contributed by atoms with Crippen molar-refractivity contribution in [2.45, 2.75) is 63.0 Å². The maximum atomic E-state index is 13.0. The number of benzene rings is 2. The van der Waals surface area contributed by atoms with Crippen LogP contribution in [0.25, 0.3) is 0 Å². The highest BCUT2D eigenvalue weighted by molar-refractivity contribution is 9.10. The standard InChI is InChI=1S/C24H35BrN2O3S/c1-5-20-16-21(25)13-14-23(20)31(29,30)27(4)18-22(28)17-26-24(2,3)15-9-12-19-10-7-6-8-11-19/h6-8,10-11,13-14,16,22,26,28H,5,9,12,15,17-18H2,1-4H3/t22-/m1/s1. The van der Waals surface area contributed by atoms with Gasteiger partial charge in [0.1, 0.15) is 0 Å². The number of rotatable bonds is 12. The smallest absolute Gasteiger partial charge is 0.243 e. The molecule has 172 valence electrons. The summed E-state index contributed by atoms with van der Waals surface area (Å²) in [4.78, 5) is 0.294. The van der Waals surface area contributed by atoms with Gasteiger partial charge in [-0.05, 0) is 68.9 Å². The van der Waals surface area contributed by atoms with Crippen molar-refractivity contribution in [3.8, 4) is 0 Å². The molecule has 0 aliphatic carbocycles. The zero-order chi connectivity index (χ0) is 23.1. The van der Waals surface area contributed by atoms with E-state index in [0.29, 0.717) is 17.9 Å². The van der Waals surface area contributed by atoms with E-state index in [0.717, 1.165) is 29.3 Å². The van der Waals surface area contributed by atoms with Crippen molar-refractivity contribution in [1.82, 2.24) is 9.62 Å². The van der Waals surface area contributed by atoms with E-state index >= 15 is 0 Å². The molecule has 31 heavy (non-hydrogen) atoms. The van der Waals surface area contributed by atoms with Crippen molar-refractivity contribution in [3.63, 3.8) is 0 Å². The van der Waals surface area contributed by atoms with Crippen molar-refractivity contribution in [3.05, 3.63) is 64.1 Å². The van der Waals surface area contributed by atoms with Crippen LogP contribution in [0, 0.1) is 0 Å². The minimum absolute atomic E-state index is 0.0364. The van der Waals surface area contributed by atoms with E-state index in [9.17, 15) is 13.5 Å². The van der Waals surface area contributed by atoms with Gasteiger partial charge in [-0.2, -0.15) is 4.31 Å². The van der Waals surface area contributed by atoms with E-state index < -0.39 is 16.1 Å². The molecule has 0 saturated heterocycles. The molecule has 5 nitrogen and oxygen atoms in total. The van der Waals surface area contributed by atoms with Gasteiger partial charge in [0.2, 0.25) is 10.0 Å². The molecule has 2 rings (SSSR count). The minimum atomic E-state index is -3.67. The van der Waals surface area contributed by atoms with Crippen molar-refractivity contribution < 1.29 is 13.5 Å². The number of hydrogen-bond donors (Lipinski definition) is 2. The Bertz CT molecular complexity index is 933. The van der Waals surface area contributed by atoms with Crippen LogP contribution in [-0.4, -0.2) is 49.6 Å². The Balaban J connectivity index is 1.87. The molecule has 7 heteroatoms. The zero-order valence-corrected chi connectivity index (χ0v) is 21.3. The van der Waals surface area contributed by atoms with Crippen LogP contribution < -0.4 is 5.32 Å². The molecule has 0 radical (unpaired) electrons.